The first-order valence-electron chi connectivity index (χ1n) is 18.7. The molecule has 7 atom stereocenters. The minimum Gasteiger partial charge on any atom is -0.508 e. The molecule has 2 aromatic rings. The molecular formula is C38H59N7O8S. The Morgan fingerprint density at radius 2 is 1.76 bits per heavy atom. The molecule has 1 fully saturated rings. The van der Waals surface area contributed by atoms with Crippen molar-refractivity contribution in [2.75, 3.05) is 20.3 Å². The van der Waals surface area contributed by atoms with E-state index in [1.54, 1.807) is 36.6 Å². The quantitative estimate of drug-likeness (QED) is 0.0401. The van der Waals surface area contributed by atoms with Gasteiger partial charge in [0.05, 0.1) is 6.04 Å². The second kappa shape index (κ2) is 21.1. The summed E-state index contributed by atoms with van der Waals surface area (Å²) in [5, 5.41) is 28.2. The van der Waals surface area contributed by atoms with Crippen molar-refractivity contribution in [1.29, 1.82) is 0 Å². The third-order valence-corrected chi connectivity index (χ3v) is 11.2. The van der Waals surface area contributed by atoms with E-state index in [9.17, 15) is 34.2 Å². The number of carbonyl (C=O) groups excluding carboxylic acids is 5. The maximum absolute atomic E-state index is 14.3. The zero-order valence-corrected chi connectivity index (χ0v) is 33.4. The van der Waals surface area contributed by atoms with Gasteiger partial charge in [0.15, 0.2) is 6.10 Å². The summed E-state index contributed by atoms with van der Waals surface area (Å²) < 4.78 is 5.74. The predicted octanol–water partition coefficient (Wildman–Crippen LogP) is 3.02. The van der Waals surface area contributed by atoms with Gasteiger partial charge in [-0.05, 0) is 68.8 Å². The smallest absolute Gasteiger partial charge is 0.303 e. The average molecular weight is 774 g/mol. The molecule has 54 heavy (non-hydrogen) atoms. The number of aliphatic hydroxyl groups is 1. The van der Waals surface area contributed by atoms with Gasteiger partial charge in [0.2, 0.25) is 17.7 Å². The number of hydrazine groups is 1. The first-order valence-corrected chi connectivity index (χ1v) is 19.6. The van der Waals surface area contributed by atoms with Gasteiger partial charge in [-0.15, -0.1) is 11.3 Å². The zero-order chi connectivity index (χ0) is 40.1. The number of aromatic hydroxyl groups is 1. The molecule has 7 N–H and O–H groups in total. The number of likely N-dealkylation sites (N-methyl/N-ethyl adjacent to an activating group) is 1. The number of nitrogens with zero attached hydrogens (tertiary/aromatic N) is 3. The predicted molar refractivity (Wildman–Crippen MR) is 205 cm³/mol. The molecule has 1 aromatic carbocycles. The largest absolute Gasteiger partial charge is 0.508 e. The van der Waals surface area contributed by atoms with Gasteiger partial charge >= 0.3 is 5.97 Å². The number of phenolic OH excluding ortho intramolecular Hbond substituents is 1. The summed E-state index contributed by atoms with van der Waals surface area (Å²) in [5.41, 5.74) is 3.04. The van der Waals surface area contributed by atoms with Gasteiger partial charge in [-0.2, -0.15) is 0 Å². The lowest BCUT2D eigenvalue weighted by molar-refractivity contribution is -0.151. The number of hydrogen-bond donors (Lipinski definition) is 6. The number of rotatable bonds is 19. The van der Waals surface area contributed by atoms with E-state index in [1.807, 2.05) is 39.6 Å². The molecule has 0 aliphatic carbocycles. The molecule has 1 aliphatic heterocycles. The highest BCUT2D eigenvalue weighted by Gasteiger charge is 2.38. The Labute approximate surface area is 322 Å². The molecule has 0 saturated carbocycles. The highest BCUT2D eigenvalue weighted by Crippen LogP contribution is 2.31. The van der Waals surface area contributed by atoms with Crippen molar-refractivity contribution < 1.29 is 38.9 Å². The standard InChI is InChI=1S/C38H59N7O8S/c1-8-23(4)33(42-36(51)30-11-9-10-16-44(30)7)38(52)45(21-46)31(22(2)3)19-32(53-25(6)47)37-41-29(20-54-37)35(50)40-27(17-24(5)34(49)43-39)18-26-12-14-28(48)15-13-26/h12-15,20,22-24,27,30-33,46,48H,8-11,16-19,21,39H2,1-7H3,(H,40,50)(H,42,51)(H,43,49)/t23?,24-,27+,30+,31+,32+,33-/m0/s1. The summed E-state index contributed by atoms with van der Waals surface area (Å²) in [6.45, 7) is 10.7. The molecule has 0 radical (unpaired) electrons. The Kier molecular flexibility index (Phi) is 17.3. The first kappa shape index (κ1) is 44.3. The second-order valence-corrected chi connectivity index (χ2v) is 15.6. The number of phenols is 1. The number of nitrogens with two attached hydrogens (primary N) is 1. The van der Waals surface area contributed by atoms with Gasteiger partial charge in [0.25, 0.3) is 5.91 Å². The summed E-state index contributed by atoms with van der Waals surface area (Å²) in [6, 6.07) is 4.16. The highest BCUT2D eigenvalue weighted by atomic mass is 32.1. The molecular weight excluding hydrogens is 715 g/mol. The van der Waals surface area contributed by atoms with Crippen LogP contribution >= 0.6 is 11.3 Å². The highest BCUT2D eigenvalue weighted by molar-refractivity contribution is 7.09. The maximum atomic E-state index is 14.3. The SMILES string of the molecule is CCC(C)[C@H](NC(=O)[C@H]1CCCCN1C)C(=O)N(CO)[C@H](C[C@@H](OC(C)=O)c1nc(C(=O)N[C@@H](Cc2ccc(O)cc2)C[C@H](C)C(=O)NN)cs1)C(C)C. The van der Waals surface area contributed by atoms with Crippen LogP contribution in [-0.2, 0) is 30.3 Å². The van der Waals surface area contributed by atoms with Crippen molar-refractivity contribution in [2.24, 2.45) is 23.6 Å². The number of ether oxygens (including phenoxy) is 1. The van der Waals surface area contributed by atoms with Crippen LogP contribution in [0.25, 0.3) is 0 Å². The number of thiazole rings is 1. The molecule has 16 heteroatoms. The molecule has 1 aliphatic rings. The number of hydrogen-bond acceptors (Lipinski definition) is 12. The molecule has 1 unspecified atom stereocenters. The number of esters is 1. The number of nitrogens with one attached hydrogen (secondary N) is 3. The van der Waals surface area contributed by atoms with Crippen molar-refractivity contribution in [3.63, 3.8) is 0 Å². The third-order valence-electron chi connectivity index (χ3n) is 10.2. The fraction of sp³-hybridized carbons (Fsp3) is 0.632. The van der Waals surface area contributed by atoms with Crippen LogP contribution < -0.4 is 21.9 Å². The fourth-order valence-corrected chi connectivity index (χ4v) is 7.66. The van der Waals surface area contributed by atoms with E-state index in [4.69, 9.17) is 10.6 Å². The number of aliphatic hydroxyl groups excluding tert-OH is 1. The molecule has 2 heterocycles. The van der Waals surface area contributed by atoms with E-state index in [1.165, 1.54) is 11.8 Å². The molecule has 1 saturated heterocycles. The van der Waals surface area contributed by atoms with Gasteiger partial charge in [-0.1, -0.05) is 59.6 Å². The normalized spacial score (nSPS) is 18.1. The van der Waals surface area contributed by atoms with E-state index in [2.05, 4.69) is 21.0 Å². The van der Waals surface area contributed by atoms with E-state index in [-0.39, 0.29) is 54.0 Å². The summed E-state index contributed by atoms with van der Waals surface area (Å²) in [7, 11) is 1.90. The average Bonchev–Trinajstić information content (AvgIpc) is 3.64. The first-order chi connectivity index (χ1) is 25.6. The molecule has 300 valence electrons. The topological polar surface area (TPSA) is 217 Å². The Balaban J connectivity index is 1.85. The monoisotopic (exact) mass is 773 g/mol. The number of aromatic nitrogens is 1. The minimum absolute atomic E-state index is 0.0693. The molecule has 3 rings (SSSR count). The van der Waals surface area contributed by atoms with Crippen LogP contribution in [0.1, 0.15) is 107 Å². The van der Waals surface area contributed by atoms with Crippen molar-refractivity contribution >= 4 is 40.9 Å². The van der Waals surface area contributed by atoms with E-state index < -0.39 is 54.7 Å². The minimum atomic E-state index is -0.961. The summed E-state index contributed by atoms with van der Waals surface area (Å²) in [4.78, 5) is 73.8. The molecule has 4 amide bonds. The van der Waals surface area contributed by atoms with Crippen LogP contribution in [0.5, 0.6) is 5.75 Å². The Morgan fingerprint density at radius 1 is 1.07 bits per heavy atom. The van der Waals surface area contributed by atoms with Gasteiger partial charge in [0, 0.05) is 36.7 Å². The molecule has 1 aromatic heterocycles. The van der Waals surface area contributed by atoms with Crippen LogP contribution in [0.3, 0.4) is 0 Å². The number of benzene rings is 1. The Bertz CT molecular complexity index is 1550. The van der Waals surface area contributed by atoms with E-state index in [0.29, 0.717) is 24.3 Å². The van der Waals surface area contributed by atoms with Crippen molar-refractivity contribution in [3.8, 4) is 5.75 Å². The van der Waals surface area contributed by atoms with Gasteiger partial charge in [-0.25, -0.2) is 10.8 Å². The zero-order valence-electron chi connectivity index (χ0n) is 32.5. The number of piperidine rings is 1. The van der Waals surface area contributed by atoms with Gasteiger partial charge < -0.3 is 30.5 Å². The summed E-state index contributed by atoms with van der Waals surface area (Å²) >= 11 is 1.12. The Morgan fingerprint density at radius 3 is 2.33 bits per heavy atom. The lowest BCUT2D eigenvalue weighted by atomic mass is 9.92. The maximum Gasteiger partial charge on any atom is 0.303 e. The van der Waals surface area contributed by atoms with E-state index in [0.717, 1.165) is 36.3 Å². The summed E-state index contributed by atoms with van der Waals surface area (Å²) in [6.07, 6.45) is 2.97. The lowest BCUT2D eigenvalue weighted by Gasteiger charge is -2.39. The van der Waals surface area contributed by atoms with Crippen molar-refractivity contribution in [2.45, 2.75) is 117 Å². The second-order valence-electron chi connectivity index (χ2n) is 14.7. The van der Waals surface area contributed by atoms with Crippen molar-refractivity contribution in [3.05, 3.63) is 45.9 Å². The fourth-order valence-electron chi connectivity index (χ4n) is 6.82. The summed E-state index contributed by atoms with van der Waals surface area (Å²) in [5.74, 6) is 2.34. The van der Waals surface area contributed by atoms with Crippen LogP contribution in [-0.4, -0.2) is 99.1 Å². The number of likely N-dealkylation sites (tertiary alicyclic amines) is 1. The van der Waals surface area contributed by atoms with E-state index >= 15 is 0 Å². The molecule has 15 nitrogen and oxygen atoms in total. The lowest BCUT2D eigenvalue weighted by Crippen LogP contribution is -2.59. The Hall–Kier alpha value is -4.12. The molecule has 0 spiro atoms. The van der Waals surface area contributed by atoms with Crippen molar-refractivity contribution in [1.82, 2.24) is 30.8 Å². The van der Waals surface area contributed by atoms with Crippen LogP contribution in [0.15, 0.2) is 29.6 Å². The number of amides is 4. The van der Waals surface area contributed by atoms with Gasteiger partial charge in [-0.3, -0.25) is 34.3 Å². The number of carbonyl (C=O) groups is 5. The third kappa shape index (κ3) is 12.5. The molecule has 0 bridgehead atoms. The van der Waals surface area contributed by atoms with Crippen LogP contribution in [0.2, 0.25) is 0 Å². The van der Waals surface area contributed by atoms with Crippen LogP contribution in [0.4, 0.5) is 0 Å². The van der Waals surface area contributed by atoms with Crippen LogP contribution in [0, 0.1) is 17.8 Å². The van der Waals surface area contributed by atoms with Gasteiger partial charge in [0.1, 0.15) is 29.2 Å².